The van der Waals surface area contributed by atoms with Gasteiger partial charge < -0.3 is 5.11 Å². The molecule has 0 aliphatic heterocycles. The molecule has 1 aromatic rings. The molecular weight excluding hydrogens is 166 g/mol. The predicted octanol–water partition coefficient (Wildman–Crippen LogP) is 1.74. The average Bonchev–Trinajstić information content (AvgIpc) is 1.93. The van der Waals surface area contributed by atoms with E-state index in [2.05, 4.69) is 0 Å². The molecular formula is C7H8ClNO2. The van der Waals surface area contributed by atoms with Gasteiger partial charge in [0.1, 0.15) is 5.75 Å². The van der Waals surface area contributed by atoms with Crippen molar-refractivity contribution in [2.75, 3.05) is 0 Å². The molecule has 1 aromatic carbocycles. The van der Waals surface area contributed by atoms with Crippen molar-refractivity contribution in [1.82, 2.24) is 4.58 Å². The van der Waals surface area contributed by atoms with Crippen LogP contribution in [0.4, 0.5) is 0 Å². The minimum absolute atomic E-state index is 0.105. The molecule has 3 nitrogen and oxygen atoms in total. The standard InChI is InChI=1S/C7H8ClNO2/c8-9(11)5-6-3-1-2-4-7(6)10/h1-4,10-11H,5H2. The monoisotopic (exact) mass is 173 g/mol. The minimum atomic E-state index is 0.105. The minimum Gasteiger partial charge on any atom is -0.508 e. The van der Waals surface area contributed by atoms with Crippen molar-refractivity contribution >= 4 is 11.8 Å². The molecule has 0 atom stereocenters. The molecule has 0 aromatic heterocycles. The van der Waals surface area contributed by atoms with Crippen molar-refractivity contribution in [1.29, 1.82) is 0 Å². The number of hydrogen-bond donors (Lipinski definition) is 2. The topological polar surface area (TPSA) is 43.7 Å². The van der Waals surface area contributed by atoms with Crippen LogP contribution in [-0.4, -0.2) is 14.9 Å². The van der Waals surface area contributed by atoms with Crippen molar-refractivity contribution in [2.24, 2.45) is 0 Å². The fraction of sp³-hybridized carbons (Fsp3) is 0.143. The van der Waals surface area contributed by atoms with E-state index in [9.17, 15) is 0 Å². The summed E-state index contributed by atoms with van der Waals surface area (Å²) in [6, 6.07) is 6.68. The summed E-state index contributed by atoms with van der Waals surface area (Å²) in [7, 11) is 0. The number of nitrogens with zero attached hydrogens (tertiary/aromatic N) is 1. The van der Waals surface area contributed by atoms with Crippen LogP contribution in [0.2, 0.25) is 0 Å². The maximum Gasteiger partial charge on any atom is 0.120 e. The summed E-state index contributed by atoms with van der Waals surface area (Å²) in [4.78, 5) is 0. The van der Waals surface area contributed by atoms with Crippen LogP contribution >= 0.6 is 11.8 Å². The summed E-state index contributed by atoms with van der Waals surface area (Å²) < 4.78 is 0.495. The summed E-state index contributed by atoms with van der Waals surface area (Å²) in [6.45, 7) is 0.105. The Morgan fingerprint density at radius 1 is 1.36 bits per heavy atom. The van der Waals surface area contributed by atoms with Crippen LogP contribution in [0.25, 0.3) is 0 Å². The number of rotatable bonds is 2. The van der Waals surface area contributed by atoms with E-state index in [4.69, 9.17) is 22.1 Å². The fourth-order valence-electron chi connectivity index (χ4n) is 0.785. The first-order valence-electron chi connectivity index (χ1n) is 3.09. The number of phenols is 1. The molecule has 11 heavy (non-hydrogen) atoms. The number of halogens is 1. The molecule has 1 rings (SSSR count). The quantitative estimate of drug-likeness (QED) is 0.529. The fourth-order valence-corrected chi connectivity index (χ4v) is 0.914. The molecule has 0 fully saturated rings. The van der Waals surface area contributed by atoms with Gasteiger partial charge in [0.15, 0.2) is 0 Å². The van der Waals surface area contributed by atoms with E-state index < -0.39 is 0 Å². The Balaban J connectivity index is 2.78. The first kappa shape index (κ1) is 8.33. The van der Waals surface area contributed by atoms with Crippen molar-refractivity contribution < 1.29 is 10.3 Å². The van der Waals surface area contributed by atoms with Gasteiger partial charge >= 0.3 is 0 Å². The number of aromatic hydroxyl groups is 1. The zero-order valence-electron chi connectivity index (χ0n) is 5.74. The summed E-state index contributed by atoms with van der Waals surface area (Å²) in [5, 5.41) is 17.8. The molecule has 2 N–H and O–H groups in total. The van der Waals surface area contributed by atoms with Gasteiger partial charge in [-0.3, -0.25) is 5.21 Å². The van der Waals surface area contributed by atoms with E-state index in [0.29, 0.717) is 10.1 Å². The van der Waals surface area contributed by atoms with E-state index >= 15 is 0 Å². The van der Waals surface area contributed by atoms with Crippen LogP contribution in [0, 0.1) is 0 Å². The van der Waals surface area contributed by atoms with Crippen LogP contribution in [0.15, 0.2) is 24.3 Å². The summed E-state index contributed by atoms with van der Waals surface area (Å²) in [5.41, 5.74) is 0.588. The highest BCUT2D eigenvalue weighted by Gasteiger charge is 2.01. The third-order valence-electron chi connectivity index (χ3n) is 1.29. The number of hydroxylamine groups is 1. The van der Waals surface area contributed by atoms with E-state index in [1.54, 1.807) is 18.2 Å². The number of benzene rings is 1. The molecule has 0 heterocycles. The molecule has 0 aliphatic carbocycles. The summed E-state index contributed by atoms with van der Waals surface area (Å²) in [5.74, 6) is 0.132. The molecule has 0 radical (unpaired) electrons. The van der Waals surface area contributed by atoms with E-state index in [1.807, 2.05) is 0 Å². The van der Waals surface area contributed by atoms with Crippen LogP contribution < -0.4 is 0 Å². The third kappa shape index (κ3) is 2.38. The van der Waals surface area contributed by atoms with Gasteiger partial charge in [0.25, 0.3) is 0 Å². The molecule has 0 saturated heterocycles. The Hall–Kier alpha value is -0.770. The maximum atomic E-state index is 9.16. The molecule has 0 amide bonds. The molecule has 4 heteroatoms. The lowest BCUT2D eigenvalue weighted by molar-refractivity contribution is -0.00283. The van der Waals surface area contributed by atoms with Gasteiger partial charge in [0.05, 0.1) is 6.54 Å². The lowest BCUT2D eigenvalue weighted by Crippen LogP contribution is -2.04. The van der Waals surface area contributed by atoms with Crippen LogP contribution in [0.5, 0.6) is 5.75 Å². The van der Waals surface area contributed by atoms with E-state index in [1.165, 1.54) is 6.07 Å². The number of hydrogen-bond acceptors (Lipinski definition) is 3. The highest BCUT2D eigenvalue weighted by atomic mass is 35.5. The highest BCUT2D eigenvalue weighted by molar-refractivity contribution is 6.12. The second-order valence-electron chi connectivity index (χ2n) is 2.12. The lowest BCUT2D eigenvalue weighted by Gasteiger charge is -2.05. The van der Waals surface area contributed by atoms with Crippen LogP contribution in [-0.2, 0) is 6.54 Å². The maximum absolute atomic E-state index is 9.16. The van der Waals surface area contributed by atoms with Crippen molar-refractivity contribution in [3.8, 4) is 5.75 Å². The van der Waals surface area contributed by atoms with Crippen molar-refractivity contribution in [3.05, 3.63) is 29.8 Å². The zero-order chi connectivity index (χ0) is 8.27. The summed E-state index contributed by atoms with van der Waals surface area (Å²) >= 11 is 5.16. The van der Waals surface area contributed by atoms with Gasteiger partial charge in [0.2, 0.25) is 0 Å². The van der Waals surface area contributed by atoms with Gasteiger partial charge in [-0.15, -0.1) is 0 Å². The largest absolute Gasteiger partial charge is 0.508 e. The van der Waals surface area contributed by atoms with Gasteiger partial charge in [0, 0.05) is 17.3 Å². The lowest BCUT2D eigenvalue weighted by atomic mass is 10.2. The highest BCUT2D eigenvalue weighted by Crippen LogP contribution is 2.17. The molecule has 0 unspecified atom stereocenters. The third-order valence-corrected chi connectivity index (χ3v) is 1.41. The zero-order valence-corrected chi connectivity index (χ0v) is 6.49. The first-order valence-corrected chi connectivity index (χ1v) is 3.43. The van der Waals surface area contributed by atoms with Crippen molar-refractivity contribution in [3.63, 3.8) is 0 Å². The van der Waals surface area contributed by atoms with E-state index in [-0.39, 0.29) is 12.3 Å². The van der Waals surface area contributed by atoms with Gasteiger partial charge in [-0.1, -0.05) is 22.8 Å². The Labute approximate surface area is 69.5 Å². The number of phenolic OH excluding ortho intramolecular Hbond substituents is 1. The molecule has 60 valence electrons. The normalized spacial score (nSPS) is 10.5. The Morgan fingerprint density at radius 2 is 2.00 bits per heavy atom. The Bertz CT molecular complexity index is 240. The smallest absolute Gasteiger partial charge is 0.120 e. The average molecular weight is 174 g/mol. The van der Waals surface area contributed by atoms with Crippen LogP contribution in [0.1, 0.15) is 5.56 Å². The van der Waals surface area contributed by atoms with E-state index in [0.717, 1.165) is 0 Å². The Morgan fingerprint density at radius 3 is 2.55 bits per heavy atom. The predicted molar refractivity (Wildman–Crippen MR) is 41.3 cm³/mol. The molecule has 0 aliphatic rings. The number of para-hydroxylation sites is 1. The summed E-state index contributed by atoms with van der Waals surface area (Å²) in [6.07, 6.45) is 0. The second-order valence-corrected chi connectivity index (χ2v) is 2.51. The molecule has 0 bridgehead atoms. The van der Waals surface area contributed by atoms with Gasteiger partial charge in [-0.25, -0.2) is 0 Å². The SMILES string of the molecule is Oc1ccccc1CN(O)Cl. The van der Waals surface area contributed by atoms with Gasteiger partial charge in [-0.2, -0.15) is 0 Å². The van der Waals surface area contributed by atoms with Crippen LogP contribution in [0.3, 0.4) is 0 Å². The molecule has 0 spiro atoms. The first-order chi connectivity index (χ1) is 5.20. The molecule has 0 saturated carbocycles. The second kappa shape index (κ2) is 3.57. The Kier molecular flexibility index (Phi) is 2.70. The van der Waals surface area contributed by atoms with Gasteiger partial charge in [-0.05, 0) is 6.07 Å². The van der Waals surface area contributed by atoms with Crippen molar-refractivity contribution in [2.45, 2.75) is 6.54 Å².